The smallest absolute Gasteiger partial charge is 0.239 e. The van der Waals surface area contributed by atoms with Crippen LogP contribution in [-0.2, 0) is 22.7 Å². The lowest BCUT2D eigenvalue weighted by molar-refractivity contribution is -0.135. The van der Waals surface area contributed by atoms with Crippen molar-refractivity contribution >= 4 is 11.8 Å². The van der Waals surface area contributed by atoms with Gasteiger partial charge in [-0.2, -0.15) is 0 Å². The predicted molar refractivity (Wildman–Crippen MR) is 96.7 cm³/mol. The summed E-state index contributed by atoms with van der Waals surface area (Å²) in [4.78, 5) is 29.7. The molecule has 1 aromatic carbocycles. The number of hydrogen-bond donors (Lipinski definition) is 1. The Labute approximate surface area is 152 Å². The number of aromatic nitrogens is 1. The zero-order valence-electron chi connectivity index (χ0n) is 15.2. The maximum atomic E-state index is 12.2. The van der Waals surface area contributed by atoms with E-state index in [1.54, 1.807) is 38.6 Å². The fourth-order valence-corrected chi connectivity index (χ4v) is 2.39. The Morgan fingerprint density at radius 2 is 1.88 bits per heavy atom. The molecule has 0 unspecified atom stereocenters. The standard InChI is InChI=1S/C19H23N3O4/c1-14(23)22(12-16-6-4-5-9-20-16)13-19(24)21-11-15-7-8-17(25-2)18(10-15)26-3/h4-10H,11-13H2,1-3H3,(H,21,24). The highest BCUT2D eigenvalue weighted by Crippen LogP contribution is 2.27. The molecule has 0 aliphatic carbocycles. The number of ether oxygens (including phenoxy) is 2. The van der Waals surface area contributed by atoms with Crippen LogP contribution in [-0.4, -0.2) is 42.5 Å². The molecule has 0 bridgehead atoms. The monoisotopic (exact) mass is 357 g/mol. The van der Waals surface area contributed by atoms with Crippen LogP contribution in [0.5, 0.6) is 11.5 Å². The van der Waals surface area contributed by atoms with Crippen molar-refractivity contribution < 1.29 is 19.1 Å². The van der Waals surface area contributed by atoms with Crippen LogP contribution in [0.25, 0.3) is 0 Å². The lowest BCUT2D eigenvalue weighted by Crippen LogP contribution is -2.39. The third-order valence-electron chi connectivity index (χ3n) is 3.80. The van der Waals surface area contributed by atoms with Gasteiger partial charge in [-0.15, -0.1) is 0 Å². The summed E-state index contributed by atoms with van der Waals surface area (Å²) in [5.41, 5.74) is 1.60. The van der Waals surface area contributed by atoms with E-state index in [0.717, 1.165) is 11.3 Å². The van der Waals surface area contributed by atoms with Crippen LogP contribution in [0.2, 0.25) is 0 Å². The van der Waals surface area contributed by atoms with E-state index in [1.807, 2.05) is 18.2 Å². The van der Waals surface area contributed by atoms with E-state index in [4.69, 9.17) is 9.47 Å². The summed E-state index contributed by atoms with van der Waals surface area (Å²) in [6.07, 6.45) is 1.66. The summed E-state index contributed by atoms with van der Waals surface area (Å²) < 4.78 is 10.4. The first-order valence-electron chi connectivity index (χ1n) is 8.16. The number of nitrogens with one attached hydrogen (secondary N) is 1. The molecule has 0 spiro atoms. The molecule has 1 N–H and O–H groups in total. The van der Waals surface area contributed by atoms with E-state index in [-0.39, 0.29) is 18.4 Å². The Kier molecular flexibility index (Phi) is 6.96. The van der Waals surface area contributed by atoms with Gasteiger partial charge in [0.2, 0.25) is 11.8 Å². The summed E-state index contributed by atoms with van der Waals surface area (Å²) in [6.45, 7) is 2.03. The molecule has 0 atom stereocenters. The summed E-state index contributed by atoms with van der Waals surface area (Å²) in [6, 6.07) is 10.9. The first kappa shape index (κ1) is 19.2. The molecule has 0 aliphatic rings. The predicted octanol–water partition coefficient (Wildman–Crippen LogP) is 1.76. The van der Waals surface area contributed by atoms with E-state index in [1.165, 1.54) is 11.8 Å². The second-order valence-corrected chi connectivity index (χ2v) is 5.66. The molecule has 0 radical (unpaired) electrons. The molecule has 2 rings (SSSR count). The number of amides is 2. The van der Waals surface area contributed by atoms with Crippen LogP contribution in [0.1, 0.15) is 18.2 Å². The summed E-state index contributed by atoms with van der Waals surface area (Å²) >= 11 is 0. The molecular weight excluding hydrogens is 334 g/mol. The molecule has 2 aromatic rings. The van der Waals surface area contributed by atoms with E-state index >= 15 is 0 Å². The van der Waals surface area contributed by atoms with Crippen LogP contribution in [0.4, 0.5) is 0 Å². The van der Waals surface area contributed by atoms with Gasteiger partial charge in [-0.25, -0.2) is 0 Å². The fraction of sp³-hybridized carbons (Fsp3) is 0.316. The maximum absolute atomic E-state index is 12.2. The van der Waals surface area contributed by atoms with Crippen molar-refractivity contribution in [2.75, 3.05) is 20.8 Å². The minimum Gasteiger partial charge on any atom is -0.493 e. The van der Waals surface area contributed by atoms with Gasteiger partial charge in [0.25, 0.3) is 0 Å². The van der Waals surface area contributed by atoms with E-state index in [2.05, 4.69) is 10.3 Å². The van der Waals surface area contributed by atoms with Gasteiger partial charge in [0.05, 0.1) is 33.0 Å². The Morgan fingerprint density at radius 1 is 1.12 bits per heavy atom. The fourth-order valence-electron chi connectivity index (χ4n) is 2.39. The molecule has 0 fully saturated rings. The van der Waals surface area contributed by atoms with Crippen molar-refractivity contribution in [3.8, 4) is 11.5 Å². The molecule has 2 amide bonds. The third kappa shape index (κ3) is 5.47. The molecule has 7 nitrogen and oxygen atoms in total. The van der Waals surface area contributed by atoms with Crippen molar-refractivity contribution in [2.24, 2.45) is 0 Å². The molecule has 138 valence electrons. The largest absolute Gasteiger partial charge is 0.493 e. The number of rotatable bonds is 8. The quantitative estimate of drug-likeness (QED) is 0.779. The SMILES string of the molecule is COc1ccc(CNC(=O)CN(Cc2ccccn2)C(C)=O)cc1OC. The van der Waals surface area contributed by atoms with E-state index < -0.39 is 0 Å². The highest BCUT2D eigenvalue weighted by Gasteiger charge is 2.15. The molecular formula is C19H23N3O4. The zero-order chi connectivity index (χ0) is 18.9. The van der Waals surface area contributed by atoms with Gasteiger partial charge in [0, 0.05) is 19.7 Å². The minimum atomic E-state index is -0.245. The normalized spacial score (nSPS) is 10.1. The van der Waals surface area contributed by atoms with Crippen LogP contribution < -0.4 is 14.8 Å². The van der Waals surface area contributed by atoms with Gasteiger partial charge >= 0.3 is 0 Å². The minimum absolute atomic E-state index is 0.0286. The Bertz CT molecular complexity index is 750. The maximum Gasteiger partial charge on any atom is 0.239 e. The lowest BCUT2D eigenvalue weighted by Gasteiger charge is -2.20. The lowest BCUT2D eigenvalue weighted by atomic mass is 10.2. The first-order valence-corrected chi connectivity index (χ1v) is 8.16. The average Bonchev–Trinajstić information content (AvgIpc) is 2.66. The van der Waals surface area contributed by atoms with Crippen molar-refractivity contribution in [2.45, 2.75) is 20.0 Å². The van der Waals surface area contributed by atoms with E-state index in [9.17, 15) is 9.59 Å². The molecule has 0 saturated heterocycles. The summed E-state index contributed by atoms with van der Waals surface area (Å²) in [7, 11) is 3.12. The Balaban J connectivity index is 1.93. The molecule has 26 heavy (non-hydrogen) atoms. The molecule has 0 saturated carbocycles. The van der Waals surface area contributed by atoms with Crippen molar-refractivity contribution in [1.82, 2.24) is 15.2 Å². The van der Waals surface area contributed by atoms with Crippen molar-refractivity contribution in [3.05, 3.63) is 53.9 Å². The van der Waals surface area contributed by atoms with Crippen molar-refractivity contribution in [3.63, 3.8) is 0 Å². The van der Waals surface area contributed by atoms with Crippen LogP contribution >= 0.6 is 0 Å². The van der Waals surface area contributed by atoms with Gasteiger partial charge in [0.1, 0.15) is 0 Å². The van der Waals surface area contributed by atoms with Gasteiger partial charge in [0.15, 0.2) is 11.5 Å². The van der Waals surface area contributed by atoms with Gasteiger partial charge in [-0.1, -0.05) is 12.1 Å². The first-order chi connectivity index (χ1) is 12.5. The number of carbonyl (C=O) groups excluding carboxylic acids is 2. The van der Waals surface area contributed by atoms with Gasteiger partial charge < -0.3 is 19.7 Å². The topological polar surface area (TPSA) is 80.8 Å². The second-order valence-electron chi connectivity index (χ2n) is 5.66. The van der Waals surface area contributed by atoms with Crippen LogP contribution in [0.3, 0.4) is 0 Å². The summed E-state index contributed by atoms with van der Waals surface area (Å²) in [5, 5.41) is 2.81. The van der Waals surface area contributed by atoms with Crippen molar-refractivity contribution in [1.29, 1.82) is 0 Å². The van der Waals surface area contributed by atoms with E-state index in [0.29, 0.717) is 24.6 Å². The molecule has 7 heteroatoms. The van der Waals surface area contributed by atoms with Gasteiger partial charge in [-0.3, -0.25) is 14.6 Å². The molecule has 0 aliphatic heterocycles. The highest BCUT2D eigenvalue weighted by atomic mass is 16.5. The number of nitrogens with zero attached hydrogens (tertiary/aromatic N) is 2. The number of carbonyl (C=O) groups is 2. The second kappa shape index (κ2) is 9.41. The average molecular weight is 357 g/mol. The molecule has 1 aromatic heterocycles. The van der Waals surface area contributed by atoms with Crippen LogP contribution in [0, 0.1) is 0 Å². The number of hydrogen-bond acceptors (Lipinski definition) is 5. The number of benzene rings is 1. The third-order valence-corrected chi connectivity index (χ3v) is 3.80. The van der Waals surface area contributed by atoms with Crippen LogP contribution in [0.15, 0.2) is 42.6 Å². The number of pyridine rings is 1. The Morgan fingerprint density at radius 3 is 2.50 bits per heavy atom. The molecule has 1 heterocycles. The Hall–Kier alpha value is -3.09. The zero-order valence-corrected chi connectivity index (χ0v) is 15.2. The van der Waals surface area contributed by atoms with Gasteiger partial charge in [-0.05, 0) is 29.8 Å². The highest BCUT2D eigenvalue weighted by molar-refractivity contribution is 5.83. The number of methoxy groups -OCH3 is 2. The summed E-state index contributed by atoms with van der Waals surface area (Å²) in [5.74, 6) is 0.795.